The zero-order valence-electron chi connectivity index (χ0n) is 28.6. The molecule has 0 bridgehead atoms. The molecule has 0 N–H and O–H groups in total. The molecule has 11 rings (SSSR count). The first-order valence-corrected chi connectivity index (χ1v) is 18.0. The highest BCUT2D eigenvalue weighted by atomic mass is 16.3. The molecule has 0 aliphatic rings. The Bertz CT molecular complexity index is 2930. The number of rotatable bonds is 5. The number of aromatic nitrogens is 3. The first kappa shape index (κ1) is 29.5. The number of para-hydroxylation sites is 4. The minimum absolute atomic E-state index is 0.566. The molecule has 53 heavy (non-hydrogen) atoms. The maximum atomic E-state index is 7.07. The van der Waals surface area contributed by atoms with Gasteiger partial charge in [-0.15, -0.1) is 0 Å². The summed E-state index contributed by atoms with van der Waals surface area (Å²) in [5.74, 6) is 0.566. The smallest absolute Gasteiger partial charge is 0.231 e. The third kappa shape index (κ3) is 4.52. The highest BCUT2D eigenvalue weighted by molar-refractivity contribution is 6.12. The number of nitrogens with zero attached hydrogens (tertiary/aromatic N) is 3. The van der Waals surface area contributed by atoms with Gasteiger partial charge in [-0.3, -0.25) is 0 Å². The molecule has 248 valence electrons. The molecular formula is C49H31N3O. The SMILES string of the molecule is c1ccc(-c2cc(-c3ccccc3)c3nc(-c4c(-n5c6ccccc6c6ccccc65)cccc4-n4c5ccccc5c5ccccc54)oc3c2)cc1. The molecule has 0 spiro atoms. The van der Waals surface area contributed by atoms with Gasteiger partial charge in [-0.1, -0.05) is 140 Å². The lowest BCUT2D eigenvalue weighted by Crippen LogP contribution is -2.03. The maximum Gasteiger partial charge on any atom is 0.231 e. The van der Waals surface area contributed by atoms with E-state index >= 15 is 0 Å². The van der Waals surface area contributed by atoms with Gasteiger partial charge in [-0.05, 0) is 65.2 Å². The standard InChI is InChI=1S/C49H31N3O/c1-3-16-32(17-4-1)34-30-39(33-18-5-2-6-19-33)48-46(31-34)53-49(50-48)47-44(51-40-24-11-7-20-35(40)36-21-8-12-25-41(36)51)28-15-29-45(47)52-42-26-13-9-22-37(42)38-23-10-14-27-43(38)52/h1-31H. The quantitative estimate of drug-likeness (QED) is 0.182. The Morgan fingerprint density at radius 3 is 1.30 bits per heavy atom. The van der Waals surface area contributed by atoms with Crippen molar-refractivity contribution in [3.63, 3.8) is 0 Å². The molecule has 0 saturated carbocycles. The molecule has 3 aromatic heterocycles. The van der Waals surface area contributed by atoms with E-state index in [1.165, 1.54) is 21.5 Å². The van der Waals surface area contributed by atoms with Crippen LogP contribution < -0.4 is 0 Å². The van der Waals surface area contributed by atoms with E-state index in [2.05, 4.69) is 197 Å². The lowest BCUT2D eigenvalue weighted by molar-refractivity contribution is 0.619. The van der Waals surface area contributed by atoms with E-state index in [9.17, 15) is 0 Å². The molecule has 0 atom stereocenters. The van der Waals surface area contributed by atoms with Gasteiger partial charge in [0.25, 0.3) is 0 Å². The molecule has 0 unspecified atom stereocenters. The van der Waals surface area contributed by atoms with Gasteiger partial charge in [-0.2, -0.15) is 0 Å². The largest absolute Gasteiger partial charge is 0.436 e. The molecule has 0 aliphatic heterocycles. The Morgan fingerprint density at radius 2 is 0.811 bits per heavy atom. The van der Waals surface area contributed by atoms with Crippen molar-refractivity contribution < 1.29 is 4.42 Å². The van der Waals surface area contributed by atoms with Crippen LogP contribution in [0.1, 0.15) is 0 Å². The zero-order chi connectivity index (χ0) is 34.9. The number of benzene rings is 8. The molecule has 3 heterocycles. The average Bonchev–Trinajstić information content (AvgIpc) is 3.91. The summed E-state index contributed by atoms with van der Waals surface area (Å²) in [5.41, 5.74) is 13.3. The maximum absolute atomic E-state index is 7.07. The molecule has 0 fully saturated rings. The summed E-state index contributed by atoms with van der Waals surface area (Å²) in [6.45, 7) is 0. The summed E-state index contributed by atoms with van der Waals surface area (Å²) in [5, 5.41) is 4.81. The molecule has 4 nitrogen and oxygen atoms in total. The Morgan fingerprint density at radius 1 is 0.377 bits per heavy atom. The van der Waals surface area contributed by atoms with E-state index in [1.54, 1.807) is 0 Å². The predicted octanol–water partition coefficient (Wildman–Crippen LogP) is 13.0. The first-order valence-electron chi connectivity index (χ1n) is 18.0. The van der Waals surface area contributed by atoms with Crippen molar-refractivity contribution in [3.05, 3.63) is 188 Å². The zero-order valence-corrected chi connectivity index (χ0v) is 28.6. The van der Waals surface area contributed by atoms with Gasteiger partial charge in [0.15, 0.2) is 5.58 Å². The number of oxazole rings is 1. The number of hydrogen-bond acceptors (Lipinski definition) is 2. The van der Waals surface area contributed by atoms with Crippen molar-refractivity contribution in [2.24, 2.45) is 0 Å². The normalized spacial score (nSPS) is 11.8. The predicted molar refractivity (Wildman–Crippen MR) is 219 cm³/mol. The highest BCUT2D eigenvalue weighted by Crippen LogP contribution is 2.44. The molecule has 0 radical (unpaired) electrons. The van der Waals surface area contributed by atoms with E-state index in [-0.39, 0.29) is 0 Å². The van der Waals surface area contributed by atoms with E-state index in [0.717, 1.165) is 72.4 Å². The summed E-state index contributed by atoms with van der Waals surface area (Å²) in [4.78, 5) is 5.46. The van der Waals surface area contributed by atoms with Crippen LogP contribution in [0.4, 0.5) is 0 Å². The van der Waals surface area contributed by atoms with Crippen LogP contribution in [0, 0.1) is 0 Å². The van der Waals surface area contributed by atoms with Crippen LogP contribution in [0.2, 0.25) is 0 Å². The topological polar surface area (TPSA) is 35.9 Å². The Labute approximate surface area is 305 Å². The van der Waals surface area contributed by atoms with Gasteiger partial charge in [0.05, 0.1) is 39.0 Å². The van der Waals surface area contributed by atoms with Crippen LogP contribution in [0.5, 0.6) is 0 Å². The number of fused-ring (bicyclic) bond motifs is 7. The van der Waals surface area contributed by atoms with Gasteiger partial charge in [0, 0.05) is 27.1 Å². The summed E-state index contributed by atoms with van der Waals surface area (Å²) >= 11 is 0. The second kappa shape index (κ2) is 11.7. The molecule has 8 aromatic carbocycles. The van der Waals surface area contributed by atoms with Crippen molar-refractivity contribution in [2.45, 2.75) is 0 Å². The van der Waals surface area contributed by atoms with Crippen molar-refractivity contribution in [2.75, 3.05) is 0 Å². The fourth-order valence-corrected chi connectivity index (χ4v) is 8.26. The van der Waals surface area contributed by atoms with Gasteiger partial charge >= 0.3 is 0 Å². The van der Waals surface area contributed by atoms with Gasteiger partial charge in [0.2, 0.25) is 5.89 Å². The highest BCUT2D eigenvalue weighted by Gasteiger charge is 2.25. The lowest BCUT2D eigenvalue weighted by atomic mass is 9.98. The van der Waals surface area contributed by atoms with E-state index < -0.39 is 0 Å². The van der Waals surface area contributed by atoms with Gasteiger partial charge < -0.3 is 13.6 Å². The van der Waals surface area contributed by atoms with Crippen LogP contribution >= 0.6 is 0 Å². The van der Waals surface area contributed by atoms with E-state index in [0.29, 0.717) is 5.89 Å². The van der Waals surface area contributed by atoms with E-state index in [1.807, 2.05) is 0 Å². The molecule has 4 heteroatoms. The van der Waals surface area contributed by atoms with Crippen LogP contribution in [0.3, 0.4) is 0 Å². The summed E-state index contributed by atoms with van der Waals surface area (Å²) in [7, 11) is 0. The molecule has 0 aliphatic carbocycles. The third-order valence-corrected chi connectivity index (χ3v) is 10.6. The summed E-state index contributed by atoms with van der Waals surface area (Å²) in [6.07, 6.45) is 0. The molecular weight excluding hydrogens is 647 g/mol. The van der Waals surface area contributed by atoms with Crippen LogP contribution in [-0.4, -0.2) is 14.1 Å². The average molecular weight is 678 g/mol. The minimum Gasteiger partial charge on any atom is -0.436 e. The van der Waals surface area contributed by atoms with Crippen LogP contribution in [0.15, 0.2) is 192 Å². The van der Waals surface area contributed by atoms with Crippen molar-refractivity contribution in [1.29, 1.82) is 0 Å². The summed E-state index contributed by atoms with van der Waals surface area (Å²) in [6, 6.07) is 66.5. The van der Waals surface area contributed by atoms with Gasteiger partial charge in [0.1, 0.15) is 5.52 Å². The fraction of sp³-hybridized carbons (Fsp3) is 0. The van der Waals surface area contributed by atoms with Gasteiger partial charge in [-0.25, -0.2) is 4.98 Å². The Balaban J connectivity index is 1.29. The molecule has 11 aromatic rings. The minimum atomic E-state index is 0.566. The monoisotopic (exact) mass is 677 g/mol. The first-order chi connectivity index (χ1) is 26.3. The van der Waals surface area contributed by atoms with Crippen LogP contribution in [0.25, 0.3) is 99.8 Å². The van der Waals surface area contributed by atoms with Crippen molar-refractivity contribution >= 4 is 54.7 Å². The Hall–Kier alpha value is -7.17. The third-order valence-electron chi connectivity index (χ3n) is 10.6. The summed E-state index contributed by atoms with van der Waals surface area (Å²) < 4.78 is 11.8. The van der Waals surface area contributed by atoms with Crippen molar-refractivity contribution in [1.82, 2.24) is 14.1 Å². The second-order valence-electron chi connectivity index (χ2n) is 13.5. The molecule has 0 amide bonds. The molecule has 0 saturated heterocycles. The van der Waals surface area contributed by atoms with Crippen molar-refractivity contribution in [3.8, 4) is 45.1 Å². The number of hydrogen-bond donors (Lipinski definition) is 0. The second-order valence-corrected chi connectivity index (χ2v) is 13.5. The van der Waals surface area contributed by atoms with Crippen LogP contribution in [-0.2, 0) is 0 Å². The lowest BCUT2D eigenvalue weighted by Gasteiger charge is -2.18. The Kier molecular flexibility index (Phi) is 6.52. The fourth-order valence-electron chi connectivity index (χ4n) is 8.26. The van der Waals surface area contributed by atoms with E-state index in [4.69, 9.17) is 9.40 Å².